The van der Waals surface area contributed by atoms with E-state index in [4.69, 9.17) is 5.26 Å². The van der Waals surface area contributed by atoms with Gasteiger partial charge in [0.15, 0.2) is 5.69 Å². The number of aromatic nitrogens is 2. The Bertz CT molecular complexity index is 438. The Kier molecular flexibility index (Phi) is 2.64. The van der Waals surface area contributed by atoms with Crippen LogP contribution in [0.5, 0.6) is 0 Å². The molecule has 0 aromatic carbocycles. The van der Waals surface area contributed by atoms with Gasteiger partial charge in [-0.2, -0.15) is 22.1 Å². The molecule has 0 amide bonds. The predicted octanol–water partition coefficient (Wildman–Crippen LogP) is 3.01. The minimum atomic E-state index is 0.559. The molecule has 0 radical (unpaired) electrons. The monoisotopic (exact) mass is 233 g/mol. The lowest BCUT2D eigenvalue weighted by Gasteiger charge is -2.23. The first-order valence-electron chi connectivity index (χ1n) is 5.98. The molecule has 0 saturated heterocycles. The Morgan fingerprint density at radius 3 is 2.81 bits per heavy atom. The molecule has 3 rings (SSSR count). The van der Waals surface area contributed by atoms with E-state index < -0.39 is 0 Å². The maximum Gasteiger partial charge on any atom is 0.166 e. The highest BCUT2D eigenvalue weighted by Gasteiger charge is 2.27. The number of hydrogen-bond donors (Lipinski definition) is 0. The predicted molar refractivity (Wildman–Crippen MR) is 64.1 cm³/mol. The van der Waals surface area contributed by atoms with Crippen molar-refractivity contribution in [1.29, 1.82) is 5.26 Å². The second kappa shape index (κ2) is 4.14. The smallest absolute Gasteiger partial charge is 0.166 e. The zero-order valence-corrected chi connectivity index (χ0v) is 10.1. The normalized spacial score (nSPS) is 20.7. The molecule has 0 spiro atoms. The van der Waals surface area contributed by atoms with Crippen molar-refractivity contribution in [1.82, 2.24) is 9.78 Å². The van der Waals surface area contributed by atoms with Crippen LogP contribution in [0, 0.1) is 11.3 Å². The van der Waals surface area contributed by atoms with Gasteiger partial charge in [-0.05, 0) is 12.8 Å². The Morgan fingerprint density at radius 2 is 2.06 bits per heavy atom. The van der Waals surface area contributed by atoms with Crippen molar-refractivity contribution in [3.8, 4) is 6.07 Å². The number of nitriles is 1. The van der Waals surface area contributed by atoms with Gasteiger partial charge in [-0.1, -0.05) is 19.3 Å². The highest BCUT2D eigenvalue weighted by atomic mass is 32.2. The van der Waals surface area contributed by atoms with Crippen LogP contribution in [0.4, 0.5) is 0 Å². The molecular formula is C12H15N3S. The summed E-state index contributed by atoms with van der Waals surface area (Å²) >= 11 is 1.91. The van der Waals surface area contributed by atoms with Crippen LogP contribution in [0.3, 0.4) is 0 Å². The van der Waals surface area contributed by atoms with Crippen LogP contribution in [0.25, 0.3) is 0 Å². The average molecular weight is 233 g/mol. The molecule has 1 aromatic rings. The maximum atomic E-state index is 9.08. The second-order valence-electron chi connectivity index (χ2n) is 4.61. The largest absolute Gasteiger partial charge is 0.264 e. The number of nitrogens with zero attached hydrogens (tertiary/aromatic N) is 3. The summed E-state index contributed by atoms with van der Waals surface area (Å²) in [5.74, 6) is 2.02. The van der Waals surface area contributed by atoms with E-state index in [0.717, 1.165) is 11.5 Å². The lowest BCUT2D eigenvalue weighted by Crippen LogP contribution is -2.16. The van der Waals surface area contributed by atoms with Gasteiger partial charge in [-0.3, -0.25) is 4.68 Å². The van der Waals surface area contributed by atoms with Crippen molar-refractivity contribution >= 4 is 11.8 Å². The van der Waals surface area contributed by atoms with Gasteiger partial charge >= 0.3 is 0 Å². The van der Waals surface area contributed by atoms with Crippen LogP contribution in [-0.4, -0.2) is 9.78 Å². The zero-order valence-electron chi connectivity index (χ0n) is 9.28. The van der Waals surface area contributed by atoms with Gasteiger partial charge in [-0.25, -0.2) is 0 Å². The highest BCUT2D eigenvalue weighted by molar-refractivity contribution is 7.98. The maximum absolute atomic E-state index is 9.08. The van der Waals surface area contributed by atoms with E-state index in [0.29, 0.717) is 11.7 Å². The molecule has 0 unspecified atom stereocenters. The van der Waals surface area contributed by atoms with Crippen molar-refractivity contribution in [2.24, 2.45) is 0 Å². The van der Waals surface area contributed by atoms with Gasteiger partial charge < -0.3 is 0 Å². The molecule has 16 heavy (non-hydrogen) atoms. The van der Waals surface area contributed by atoms with Gasteiger partial charge in [0, 0.05) is 17.1 Å². The topological polar surface area (TPSA) is 41.6 Å². The molecule has 84 valence electrons. The van der Waals surface area contributed by atoms with Gasteiger partial charge in [-0.15, -0.1) is 0 Å². The highest BCUT2D eigenvalue weighted by Crippen LogP contribution is 2.37. The third-order valence-corrected chi connectivity index (χ3v) is 4.60. The summed E-state index contributed by atoms with van der Waals surface area (Å²) in [6.45, 7) is 0. The van der Waals surface area contributed by atoms with Crippen LogP contribution in [0.15, 0.2) is 0 Å². The quantitative estimate of drug-likeness (QED) is 0.748. The average Bonchev–Trinajstić information content (AvgIpc) is 2.91. The summed E-state index contributed by atoms with van der Waals surface area (Å²) in [6, 6.07) is 2.80. The van der Waals surface area contributed by atoms with E-state index in [9.17, 15) is 0 Å². The van der Waals surface area contributed by atoms with E-state index in [-0.39, 0.29) is 0 Å². The fourth-order valence-corrected chi connectivity index (χ4v) is 3.88. The summed E-state index contributed by atoms with van der Waals surface area (Å²) < 4.78 is 2.17. The Balaban J connectivity index is 1.98. The Hall–Kier alpha value is -0.950. The lowest BCUT2D eigenvalue weighted by atomic mass is 9.95. The van der Waals surface area contributed by atoms with Gasteiger partial charge in [0.2, 0.25) is 0 Å². The van der Waals surface area contributed by atoms with Crippen molar-refractivity contribution in [3.63, 3.8) is 0 Å². The molecule has 0 N–H and O–H groups in total. The van der Waals surface area contributed by atoms with E-state index in [1.54, 1.807) is 0 Å². The number of hydrogen-bond acceptors (Lipinski definition) is 3. The van der Waals surface area contributed by atoms with Crippen molar-refractivity contribution in [2.75, 3.05) is 0 Å². The first-order chi connectivity index (χ1) is 7.90. The molecule has 0 bridgehead atoms. The molecule has 0 atom stereocenters. The SMILES string of the molecule is N#Cc1nn(C2CCCCC2)c2c1CSC2. The molecule has 1 fully saturated rings. The molecule has 4 heteroatoms. The van der Waals surface area contributed by atoms with Crippen molar-refractivity contribution in [3.05, 3.63) is 17.0 Å². The van der Waals surface area contributed by atoms with Crippen LogP contribution in [0.1, 0.15) is 55.1 Å². The molecule has 2 aliphatic rings. The van der Waals surface area contributed by atoms with E-state index >= 15 is 0 Å². The summed E-state index contributed by atoms with van der Waals surface area (Å²) in [6.07, 6.45) is 6.47. The van der Waals surface area contributed by atoms with Crippen LogP contribution < -0.4 is 0 Å². The Morgan fingerprint density at radius 1 is 1.25 bits per heavy atom. The van der Waals surface area contributed by atoms with Crippen LogP contribution >= 0.6 is 11.8 Å². The summed E-state index contributed by atoms with van der Waals surface area (Å²) in [5.41, 5.74) is 3.21. The van der Waals surface area contributed by atoms with E-state index in [2.05, 4.69) is 15.8 Å². The van der Waals surface area contributed by atoms with Gasteiger partial charge in [0.05, 0.1) is 11.7 Å². The number of thioether (sulfide) groups is 1. The first-order valence-corrected chi connectivity index (χ1v) is 7.13. The van der Waals surface area contributed by atoms with Gasteiger partial charge in [0.25, 0.3) is 0 Å². The van der Waals surface area contributed by atoms with Gasteiger partial charge in [0.1, 0.15) is 6.07 Å². The fourth-order valence-electron chi connectivity index (χ4n) is 2.78. The molecule has 1 aromatic heterocycles. The first kappa shape index (κ1) is 10.2. The van der Waals surface area contributed by atoms with Crippen LogP contribution in [-0.2, 0) is 11.5 Å². The van der Waals surface area contributed by atoms with Crippen molar-refractivity contribution in [2.45, 2.75) is 49.7 Å². The fraction of sp³-hybridized carbons (Fsp3) is 0.667. The summed E-state index contributed by atoms with van der Waals surface area (Å²) in [4.78, 5) is 0. The molecule has 1 aliphatic carbocycles. The molecule has 1 aliphatic heterocycles. The molecule has 3 nitrogen and oxygen atoms in total. The van der Waals surface area contributed by atoms with Crippen molar-refractivity contribution < 1.29 is 0 Å². The second-order valence-corrected chi connectivity index (χ2v) is 5.60. The number of rotatable bonds is 1. The molecule has 1 saturated carbocycles. The molecular weight excluding hydrogens is 218 g/mol. The third kappa shape index (κ3) is 1.54. The summed E-state index contributed by atoms with van der Waals surface area (Å²) in [7, 11) is 0. The lowest BCUT2D eigenvalue weighted by molar-refractivity contribution is 0.324. The van der Waals surface area contributed by atoms with E-state index in [1.165, 1.54) is 43.4 Å². The van der Waals surface area contributed by atoms with E-state index in [1.807, 2.05) is 11.8 Å². The minimum Gasteiger partial charge on any atom is -0.264 e. The molecule has 2 heterocycles. The Labute approximate surface area is 99.8 Å². The van der Waals surface area contributed by atoms with Crippen LogP contribution in [0.2, 0.25) is 0 Å². The number of fused-ring (bicyclic) bond motifs is 1. The minimum absolute atomic E-state index is 0.559. The summed E-state index contributed by atoms with van der Waals surface area (Å²) in [5, 5.41) is 13.6. The third-order valence-electron chi connectivity index (χ3n) is 3.63. The standard InChI is InChI=1S/C12H15N3S/c13-6-11-10-7-16-8-12(10)15(14-11)9-4-2-1-3-5-9/h9H,1-5,7-8H2. The zero-order chi connectivity index (χ0) is 11.0.